The lowest BCUT2D eigenvalue weighted by atomic mass is 10.1. The van der Waals surface area contributed by atoms with E-state index in [1.165, 1.54) is 0 Å². The fourth-order valence-electron chi connectivity index (χ4n) is 2.70. The summed E-state index contributed by atoms with van der Waals surface area (Å²) in [4.78, 5) is 23.2. The first-order chi connectivity index (χ1) is 10.8. The van der Waals surface area contributed by atoms with Crippen LogP contribution in [0, 0.1) is 6.92 Å². The van der Waals surface area contributed by atoms with Gasteiger partial charge in [0.25, 0.3) is 5.91 Å². The van der Waals surface area contributed by atoms with Gasteiger partial charge in [0.2, 0.25) is 0 Å². The van der Waals surface area contributed by atoms with Gasteiger partial charge in [0.1, 0.15) is 0 Å². The minimum absolute atomic E-state index is 0.0996. The van der Waals surface area contributed by atoms with Crippen LogP contribution in [0.2, 0.25) is 0 Å². The number of aromatic nitrogens is 2. The zero-order chi connectivity index (χ0) is 15.4. The zero-order valence-electron chi connectivity index (χ0n) is 12.6. The lowest BCUT2D eigenvalue weighted by Gasteiger charge is -2.35. The van der Waals surface area contributed by atoms with Gasteiger partial charge in [0, 0.05) is 24.3 Å². The van der Waals surface area contributed by atoms with Crippen LogP contribution in [0.3, 0.4) is 0 Å². The Bertz CT molecular complexity index is 630. The largest absolute Gasteiger partial charge is 0.377 e. The molecule has 0 saturated carbocycles. The molecule has 2 aromatic rings. The van der Waals surface area contributed by atoms with E-state index in [-0.39, 0.29) is 11.9 Å². The van der Waals surface area contributed by atoms with Crippen LogP contribution in [-0.4, -0.2) is 46.6 Å². The summed E-state index contributed by atoms with van der Waals surface area (Å²) < 4.78 is 5.57. The maximum absolute atomic E-state index is 12.6. The Kier molecular flexibility index (Phi) is 4.80. The average Bonchev–Trinajstić information content (AvgIpc) is 3.08. The van der Waals surface area contributed by atoms with E-state index in [4.69, 9.17) is 4.74 Å². The third kappa shape index (κ3) is 3.34. The second-order valence-electron chi connectivity index (χ2n) is 5.37. The molecule has 0 aliphatic carbocycles. The lowest BCUT2D eigenvalue weighted by Crippen LogP contribution is -2.48. The molecule has 5 nitrogen and oxygen atoms in total. The monoisotopic (exact) mass is 317 g/mol. The molecule has 1 atom stereocenters. The number of nitrogens with zero attached hydrogens (tertiary/aromatic N) is 3. The smallest absolute Gasteiger partial charge is 0.255 e. The number of thiophene rings is 1. The SMILES string of the molecule is Cc1nccnc1CC[C@@H]1COCCN1C(=O)c1ccsc1. The number of carbonyl (C=O) groups is 1. The molecule has 1 fully saturated rings. The third-order valence-electron chi connectivity index (χ3n) is 3.95. The number of amides is 1. The molecule has 0 bridgehead atoms. The van der Waals surface area contributed by atoms with E-state index in [1.807, 2.05) is 28.7 Å². The predicted molar refractivity (Wildman–Crippen MR) is 85.1 cm³/mol. The molecule has 22 heavy (non-hydrogen) atoms. The number of carbonyl (C=O) groups excluding carboxylic acids is 1. The van der Waals surface area contributed by atoms with E-state index in [0.717, 1.165) is 29.8 Å². The van der Waals surface area contributed by atoms with Gasteiger partial charge in [-0.25, -0.2) is 0 Å². The molecule has 3 rings (SSSR count). The lowest BCUT2D eigenvalue weighted by molar-refractivity contribution is -0.00411. The van der Waals surface area contributed by atoms with Crippen molar-refractivity contribution in [1.29, 1.82) is 0 Å². The number of morpholine rings is 1. The van der Waals surface area contributed by atoms with Gasteiger partial charge in [-0.1, -0.05) is 0 Å². The van der Waals surface area contributed by atoms with Crippen LogP contribution in [0.1, 0.15) is 28.2 Å². The maximum Gasteiger partial charge on any atom is 0.255 e. The highest BCUT2D eigenvalue weighted by molar-refractivity contribution is 7.08. The van der Waals surface area contributed by atoms with Crippen molar-refractivity contribution in [2.24, 2.45) is 0 Å². The number of hydrogen-bond donors (Lipinski definition) is 0. The van der Waals surface area contributed by atoms with E-state index in [9.17, 15) is 4.79 Å². The van der Waals surface area contributed by atoms with Crippen molar-refractivity contribution < 1.29 is 9.53 Å². The minimum Gasteiger partial charge on any atom is -0.377 e. The van der Waals surface area contributed by atoms with Gasteiger partial charge in [-0.15, -0.1) is 0 Å². The Hall–Kier alpha value is -1.79. The van der Waals surface area contributed by atoms with Gasteiger partial charge in [0.15, 0.2) is 0 Å². The van der Waals surface area contributed by atoms with Gasteiger partial charge < -0.3 is 9.64 Å². The van der Waals surface area contributed by atoms with E-state index in [0.29, 0.717) is 19.8 Å². The van der Waals surface area contributed by atoms with E-state index < -0.39 is 0 Å². The standard InChI is InChI=1S/C16H19N3O2S/c1-12-15(18-6-5-17-12)3-2-14-10-21-8-7-19(14)16(20)13-4-9-22-11-13/h4-6,9,11,14H,2-3,7-8,10H2,1H3/t14-/m1/s1. The summed E-state index contributed by atoms with van der Waals surface area (Å²) in [6, 6.07) is 1.98. The molecule has 0 N–H and O–H groups in total. The van der Waals surface area contributed by atoms with Crippen molar-refractivity contribution in [3.05, 3.63) is 46.2 Å². The molecule has 2 aromatic heterocycles. The van der Waals surface area contributed by atoms with E-state index in [1.54, 1.807) is 23.7 Å². The predicted octanol–water partition coefficient (Wildman–Crippen LogP) is 2.32. The summed E-state index contributed by atoms with van der Waals surface area (Å²) in [5.41, 5.74) is 2.72. The second kappa shape index (κ2) is 6.98. The van der Waals surface area contributed by atoms with Crippen LogP contribution in [0.4, 0.5) is 0 Å². The van der Waals surface area contributed by atoms with Crippen LogP contribution in [0.15, 0.2) is 29.2 Å². The van der Waals surface area contributed by atoms with Crippen molar-refractivity contribution in [3.63, 3.8) is 0 Å². The molecular weight excluding hydrogens is 298 g/mol. The third-order valence-corrected chi connectivity index (χ3v) is 4.64. The summed E-state index contributed by atoms with van der Waals surface area (Å²) in [6.45, 7) is 3.82. The molecule has 3 heterocycles. The van der Waals surface area contributed by atoms with Crippen LogP contribution in [0.5, 0.6) is 0 Å². The quantitative estimate of drug-likeness (QED) is 0.868. The molecular formula is C16H19N3O2S. The summed E-state index contributed by atoms with van der Waals surface area (Å²) in [7, 11) is 0. The Morgan fingerprint density at radius 2 is 2.32 bits per heavy atom. The molecule has 0 spiro atoms. The van der Waals surface area contributed by atoms with Gasteiger partial charge in [-0.3, -0.25) is 14.8 Å². The average molecular weight is 317 g/mol. The molecule has 0 radical (unpaired) electrons. The van der Waals surface area contributed by atoms with E-state index in [2.05, 4.69) is 9.97 Å². The fraction of sp³-hybridized carbons (Fsp3) is 0.438. The molecule has 0 aromatic carbocycles. The molecule has 116 valence electrons. The minimum atomic E-state index is 0.0996. The van der Waals surface area contributed by atoms with Gasteiger partial charge in [0.05, 0.1) is 36.2 Å². The zero-order valence-corrected chi connectivity index (χ0v) is 13.4. The number of rotatable bonds is 4. The molecule has 1 aliphatic heterocycles. The molecule has 0 unspecified atom stereocenters. The number of aryl methyl sites for hydroxylation is 2. The first kappa shape index (κ1) is 15.1. The fourth-order valence-corrected chi connectivity index (χ4v) is 3.33. The second-order valence-corrected chi connectivity index (χ2v) is 6.15. The first-order valence-corrected chi connectivity index (χ1v) is 8.37. The van der Waals surface area contributed by atoms with Gasteiger partial charge >= 0.3 is 0 Å². The Labute approximate surface area is 134 Å². The molecule has 1 amide bonds. The van der Waals surface area contributed by atoms with Crippen molar-refractivity contribution >= 4 is 17.2 Å². The molecule has 1 saturated heterocycles. The van der Waals surface area contributed by atoms with Gasteiger partial charge in [-0.2, -0.15) is 11.3 Å². The highest BCUT2D eigenvalue weighted by Crippen LogP contribution is 2.18. The topological polar surface area (TPSA) is 55.3 Å². The maximum atomic E-state index is 12.6. The summed E-state index contributed by atoms with van der Waals surface area (Å²) in [5, 5.41) is 3.84. The number of ether oxygens (including phenoxy) is 1. The highest BCUT2D eigenvalue weighted by atomic mass is 32.1. The number of hydrogen-bond acceptors (Lipinski definition) is 5. The Morgan fingerprint density at radius 3 is 3.09 bits per heavy atom. The van der Waals surface area contributed by atoms with Crippen LogP contribution in [-0.2, 0) is 11.2 Å². The van der Waals surface area contributed by atoms with Crippen molar-refractivity contribution in [2.45, 2.75) is 25.8 Å². The van der Waals surface area contributed by atoms with Gasteiger partial charge in [-0.05, 0) is 31.2 Å². The van der Waals surface area contributed by atoms with Crippen LogP contribution in [0.25, 0.3) is 0 Å². The molecule has 1 aliphatic rings. The summed E-state index contributed by atoms with van der Waals surface area (Å²) in [5.74, 6) is 0.102. The normalized spacial score (nSPS) is 18.4. The first-order valence-electron chi connectivity index (χ1n) is 7.43. The van der Waals surface area contributed by atoms with E-state index >= 15 is 0 Å². The van der Waals surface area contributed by atoms with Crippen molar-refractivity contribution in [2.75, 3.05) is 19.8 Å². The van der Waals surface area contributed by atoms with Crippen LogP contribution < -0.4 is 0 Å². The van der Waals surface area contributed by atoms with Crippen LogP contribution >= 0.6 is 11.3 Å². The molecule has 6 heteroatoms. The summed E-state index contributed by atoms with van der Waals surface area (Å²) >= 11 is 1.55. The van der Waals surface area contributed by atoms with Crippen molar-refractivity contribution in [3.8, 4) is 0 Å². The van der Waals surface area contributed by atoms with Crippen molar-refractivity contribution in [1.82, 2.24) is 14.9 Å². The Balaban J connectivity index is 1.68. The summed E-state index contributed by atoms with van der Waals surface area (Å²) in [6.07, 6.45) is 5.07. The highest BCUT2D eigenvalue weighted by Gasteiger charge is 2.28. The Morgan fingerprint density at radius 1 is 1.45 bits per heavy atom.